The van der Waals surface area contributed by atoms with Gasteiger partial charge in [-0.2, -0.15) is 0 Å². The van der Waals surface area contributed by atoms with Crippen LogP contribution in [0.25, 0.3) is 0 Å². The summed E-state index contributed by atoms with van der Waals surface area (Å²) in [5.74, 6) is -0.322. The highest BCUT2D eigenvalue weighted by Gasteiger charge is 2.07. The highest BCUT2D eigenvalue weighted by molar-refractivity contribution is 5.69. The van der Waals surface area contributed by atoms with Crippen LogP contribution in [-0.4, -0.2) is 25.9 Å². The van der Waals surface area contributed by atoms with Crippen molar-refractivity contribution < 1.29 is 14.3 Å². The van der Waals surface area contributed by atoms with Crippen molar-refractivity contribution in [2.24, 2.45) is 5.73 Å². The van der Waals surface area contributed by atoms with Crippen molar-refractivity contribution in [3.63, 3.8) is 0 Å². The summed E-state index contributed by atoms with van der Waals surface area (Å²) in [6.07, 6.45) is 0.160. The number of nitrogens with two attached hydrogens (primary N) is 1. The predicted molar refractivity (Wildman–Crippen MR) is 36.2 cm³/mol. The van der Waals surface area contributed by atoms with E-state index in [0.29, 0.717) is 0 Å². The van der Waals surface area contributed by atoms with Crippen molar-refractivity contribution in [1.29, 1.82) is 0 Å². The van der Waals surface area contributed by atoms with Gasteiger partial charge in [0, 0.05) is 7.11 Å². The summed E-state index contributed by atoms with van der Waals surface area (Å²) >= 11 is 0. The average molecular weight is 147 g/mol. The maximum atomic E-state index is 10.6. The molecular weight excluding hydrogens is 134 g/mol. The second-order valence-electron chi connectivity index (χ2n) is 1.93. The number of hydrogen-bond donors (Lipinski definition) is 1. The summed E-state index contributed by atoms with van der Waals surface area (Å²) in [4.78, 5) is 10.6. The van der Waals surface area contributed by atoms with Gasteiger partial charge in [0.25, 0.3) is 0 Å². The van der Waals surface area contributed by atoms with Gasteiger partial charge in [0.05, 0.1) is 12.5 Å². The van der Waals surface area contributed by atoms with E-state index in [1.54, 1.807) is 14.0 Å². The van der Waals surface area contributed by atoms with E-state index < -0.39 is 0 Å². The molecule has 4 nitrogen and oxygen atoms in total. The zero-order valence-electron chi connectivity index (χ0n) is 6.29. The molecule has 0 saturated heterocycles. The number of carbonyl (C=O) groups is 1. The van der Waals surface area contributed by atoms with E-state index in [-0.39, 0.29) is 25.2 Å². The number of ether oxygens (including phenoxy) is 2. The molecule has 60 valence electrons. The van der Waals surface area contributed by atoms with Gasteiger partial charge < -0.3 is 9.47 Å². The van der Waals surface area contributed by atoms with Gasteiger partial charge in [-0.25, -0.2) is 0 Å². The third-order valence-electron chi connectivity index (χ3n) is 1.10. The summed E-state index contributed by atoms with van der Waals surface area (Å²) < 4.78 is 9.30. The first-order valence-electron chi connectivity index (χ1n) is 3.09. The molecule has 0 spiro atoms. The Hall–Kier alpha value is -0.610. The van der Waals surface area contributed by atoms with Gasteiger partial charge in [0.2, 0.25) is 0 Å². The molecule has 0 aliphatic rings. The fourth-order valence-corrected chi connectivity index (χ4v) is 0.470. The van der Waals surface area contributed by atoms with Gasteiger partial charge in [-0.3, -0.25) is 10.5 Å². The van der Waals surface area contributed by atoms with Crippen LogP contribution in [0.4, 0.5) is 0 Å². The van der Waals surface area contributed by atoms with Gasteiger partial charge in [-0.05, 0) is 6.92 Å². The Balaban J connectivity index is 3.37. The summed E-state index contributed by atoms with van der Waals surface area (Å²) in [5.41, 5.74) is 4.96. The van der Waals surface area contributed by atoms with Crippen molar-refractivity contribution in [3.05, 3.63) is 0 Å². The Morgan fingerprint density at radius 2 is 2.30 bits per heavy atom. The molecule has 1 atom stereocenters. The monoisotopic (exact) mass is 147 g/mol. The molecule has 0 saturated carbocycles. The largest absolute Gasteiger partial charge is 0.450 e. The van der Waals surface area contributed by atoms with Gasteiger partial charge >= 0.3 is 5.97 Å². The first kappa shape index (κ1) is 9.39. The molecule has 0 unspecified atom stereocenters. The normalized spacial score (nSPS) is 12.7. The zero-order chi connectivity index (χ0) is 7.98. The predicted octanol–water partition coefficient (Wildman–Crippen LogP) is -0.129. The lowest BCUT2D eigenvalue weighted by Gasteiger charge is -2.06. The molecule has 0 bridgehead atoms. The van der Waals surface area contributed by atoms with Crippen LogP contribution >= 0.6 is 0 Å². The molecule has 0 heterocycles. The standard InChI is InChI=1S/C6H13NO3/c1-5(9-2)3-6(8)10-4-7/h5H,3-4,7H2,1-2H3/t5-/m1/s1. The lowest BCUT2D eigenvalue weighted by atomic mass is 10.3. The second kappa shape index (κ2) is 5.20. The zero-order valence-corrected chi connectivity index (χ0v) is 6.29. The van der Waals surface area contributed by atoms with Gasteiger partial charge in [0.1, 0.15) is 6.73 Å². The molecule has 10 heavy (non-hydrogen) atoms. The van der Waals surface area contributed by atoms with Crippen molar-refractivity contribution in [1.82, 2.24) is 0 Å². The minimum atomic E-state index is -0.322. The molecule has 0 rings (SSSR count). The number of esters is 1. The third kappa shape index (κ3) is 4.29. The van der Waals surface area contributed by atoms with Gasteiger partial charge in [-0.15, -0.1) is 0 Å². The molecule has 4 heteroatoms. The van der Waals surface area contributed by atoms with E-state index in [2.05, 4.69) is 4.74 Å². The van der Waals surface area contributed by atoms with E-state index in [1.807, 2.05) is 0 Å². The summed E-state index contributed by atoms with van der Waals surface area (Å²) in [6, 6.07) is 0. The van der Waals surface area contributed by atoms with Gasteiger partial charge in [-0.1, -0.05) is 0 Å². The fraction of sp³-hybridized carbons (Fsp3) is 0.833. The molecule has 0 aliphatic carbocycles. The summed E-state index contributed by atoms with van der Waals surface area (Å²) in [5, 5.41) is 0. The minimum absolute atomic E-state index is 0.0603. The fourth-order valence-electron chi connectivity index (χ4n) is 0.470. The molecule has 2 N–H and O–H groups in total. The highest BCUT2D eigenvalue weighted by Crippen LogP contribution is 1.96. The van der Waals surface area contributed by atoms with Crippen molar-refractivity contribution >= 4 is 5.97 Å². The number of hydrogen-bond acceptors (Lipinski definition) is 4. The third-order valence-corrected chi connectivity index (χ3v) is 1.10. The van der Waals surface area contributed by atoms with Crippen LogP contribution in [0.1, 0.15) is 13.3 Å². The number of rotatable bonds is 4. The van der Waals surface area contributed by atoms with Crippen LogP contribution < -0.4 is 5.73 Å². The Morgan fingerprint density at radius 3 is 2.70 bits per heavy atom. The molecule has 0 radical (unpaired) electrons. The molecule has 0 amide bonds. The van der Waals surface area contributed by atoms with E-state index in [0.717, 1.165) is 0 Å². The maximum absolute atomic E-state index is 10.6. The van der Waals surface area contributed by atoms with E-state index in [1.165, 1.54) is 0 Å². The maximum Gasteiger partial charge on any atom is 0.309 e. The van der Waals surface area contributed by atoms with Crippen LogP contribution in [0.15, 0.2) is 0 Å². The van der Waals surface area contributed by atoms with Crippen LogP contribution in [-0.2, 0) is 14.3 Å². The number of methoxy groups -OCH3 is 1. The lowest BCUT2D eigenvalue weighted by Crippen LogP contribution is -2.17. The minimum Gasteiger partial charge on any atom is -0.450 e. The summed E-state index contributed by atoms with van der Waals surface area (Å²) in [6.45, 7) is 1.73. The Kier molecular flexibility index (Phi) is 4.88. The van der Waals surface area contributed by atoms with Crippen molar-refractivity contribution in [3.8, 4) is 0 Å². The molecule has 0 aromatic rings. The Morgan fingerprint density at radius 1 is 1.70 bits per heavy atom. The smallest absolute Gasteiger partial charge is 0.309 e. The van der Waals surface area contributed by atoms with Crippen LogP contribution in [0.5, 0.6) is 0 Å². The van der Waals surface area contributed by atoms with Gasteiger partial charge in [0.15, 0.2) is 0 Å². The quantitative estimate of drug-likeness (QED) is 0.444. The van der Waals surface area contributed by atoms with Crippen LogP contribution in [0.2, 0.25) is 0 Å². The van der Waals surface area contributed by atoms with Crippen LogP contribution in [0, 0.1) is 0 Å². The average Bonchev–Trinajstić information content (AvgIpc) is 1.88. The number of carbonyl (C=O) groups excluding carboxylic acids is 1. The van der Waals surface area contributed by atoms with Crippen molar-refractivity contribution in [2.45, 2.75) is 19.4 Å². The van der Waals surface area contributed by atoms with Crippen molar-refractivity contribution in [2.75, 3.05) is 13.8 Å². The summed E-state index contributed by atoms with van der Waals surface area (Å²) in [7, 11) is 1.54. The molecule has 0 fully saturated rings. The van der Waals surface area contributed by atoms with E-state index in [4.69, 9.17) is 10.5 Å². The molecule has 0 aromatic carbocycles. The Bertz CT molecular complexity index is 105. The highest BCUT2D eigenvalue weighted by atomic mass is 16.5. The first-order chi connectivity index (χ1) is 4.70. The molecule has 0 aliphatic heterocycles. The van der Waals surface area contributed by atoms with E-state index >= 15 is 0 Å². The SMILES string of the molecule is CO[C@H](C)CC(=O)OCN. The lowest BCUT2D eigenvalue weighted by molar-refractivity contribution is -0.145. The first-order valence-corrected chi connectivity index (χ1v) is 3.09. The topological polar surface area (TPSA) is 61.5 Å². The second-order valence-corrected chi connectivity index (χ2v) is 1.93. The van der Waals surface area contributed by atoms with E-state index in [9.17, 15) is 4.79 Å². The molecular formula is C6H13NO3. The Labute approximate surface area is 60.3 Å². The molecule has 0 aromatic heterocycles. The van der Waals surface area contributed by atoms with Crippen LogP contribution in [0.3, 0.4) is 0 Å².